The number of nitrogens with zero attached hydrogens (tertiary/aromatic N) is 1. The van der Waals surface area contributed by atoms with Gasteiger partial charge < -0.3 is 15.0 Å². The second-order valence-corrected chi connectivity index (χ2v) is 5.76. The molecule has 0 radical (unpaired) electrons. The van der Waals surface area contributed by atoms with Crippen molar-refractivity contribution in [1.29, 1.82) is 0 Å². The monoisotopic (exact) mass is 335 g/mol. The lowest BCUT2D eigenvalue weighted by atomic mass is 10.0. The Kier molecular flexibility index (Phi) is 5.46. The number of amides is 1. The topological polar surface area (TPSA) is 67.0 Å². The van der Waals surface area contributed by atoms with Crippen LogP contribution in [-0.4, -0.2) is 23.0 Å². The molecule has 0 aliphatic rings. The number of benzene rings is 2. The van der Waals surface area contributed by atoms with Gasteiger partial charge in [0.2, 0.25) is 5.91 Å². The van der Waals surface area contributed by atoms with Crippen molar-refractivity contribution >= 4 is 5.91 Å². The van der Waals surface area contributed by atoms with Crippen LogP contribution in [0.2, 0.25) is 0 Å². The average Bonchev–Trinajstić information content (AvgIpc) is 3.15. The van der Waals surface area contributed by atoms with Gasteiger partial charge in [0.15, 0.2) is 0 Å². The minimum Gasteiger partial charge on any atom is -0.496 e. The molecule has 0 aliphatic heterocycles. The van der Waals surface area contributed by atoms with Crippen LogP contribution in [-0.2, 0) is 17.6 Å². The zero-order valence-corrected chi connectivity index (χ0v) is 14.1. The summed E-state index contributed by atoms with van der Waals surface area (Å²) in [4.78, 5) is 20.0. The molecule has 25 heavy (non-hydrogen) atoms. The van der Waals surface area contributed by atoms with Crippen molar-refractivity contribution in [2.45, 2.75) is 18.9 Å². The van der Waals surface area contributed by atoms with Gasteiger partial charge in [-0.2, -0.15) is 0 Å². The number of aromatic nitrogens is 2. The lowest BCUT2D eigenvalue weighted by Gasteiger charge is -2.19. The van der Waals surface area contributed by atoms with Crippen LogP contribution in [0.1, 0.15) is 23.0 Å². The van der Waals surface area contributed by atoms with Crippen LogP contribution in [0.15, 0.2) is 67.0 Å². The maximum Gasteiger partial charge on any atom is 0.225 e. The summed E-state index contributed by atoms with van der Waals surface area (Å²) in [6.45, 7) is 0. The van der Waals surface area contributed by atoms with Gasteiger partial charge in [0.25, 0.3) is 0 Å². The number of nitrogens with one attached hydrogen (secondary N) is 2. The van der Waals surface area contributed by atoms with E-state index in [1.807, 2.05) is 54.6 Å². The fraction of sp³-hybridized carbons (Fsp3) is 0.200. The number of H-pyrrole nitrogens is 1. The van der Waals surface area contributed by atoms with E-state index in [0.29, 0.717) is 6.42 Å². The highest BCUT2D eigenvalue weighted by Gasteiger charge is 2.17. The Balaban J connectivity index is 1.74. The number of ether oxygens (including phenoxy) is 1. The van der Waals surface area contributed by atoms with Gasteiger partial charge in [-0.1, -0.05) is 48.5 Å². The molecule has 1 unspecified atom stereocenters. The molecule has 5 nitrogen and oxygen atoms in total. The summed E-state index contributed by atoms with van der Waals surface area (Å²) in [5.74, 6) is 1.51. The maximum atomic E-state index is 12.6. The zero-order chi connectivity index (χ0) is 17.5. The summed E-state index contributed by atoms with van der Waals surface area (Å²) in [5.41, 5.74) is 1.92. The highest BCUT2D eigenvalue weighted by Crippen LogP contribution is 2.20. The van der Waals surface area contributed by atoms with E-state index in [1.165, 1.54) is 0 Å². The van der Waals surface area contributed by atoms with Crippen LogP contribution in [0.5, 0.6) is 5.75 Å². The predicted molar refractivity (Wildman–Crippen MR) is 96.3 cm³/mol. The Hall–Kier alpha value is -3.08. The van der Waals surface area contributed by atoms with Crippen molar-refractivity contribution in [3.8, 4) is 5.75 Å². The van der Waals surface area contributed by atoms with Crippen LogP contribution in [0.4, 0.5) is 0 Å². The van der Waals surface area contributed by atoms with Crippen LogP contribution < -0.4 is 10.1 Å². The van der Waals surface area contributed by atoms with Gasteiger partial charge in [0.05, 0.1) is 19.6 Å². The third-order valence-electron chi connectivity index (χ3n) is 4.03. The molecule has 0 aliphatic carbocycles. The third-order valence-corrected chi connectivity index (χ3v) is 4.03. The number of methoxy groups -OCH3 is 1. The van der Waals surface area contributed by atoms with E-state index in [0.717, 1.165) is 22.7 Å². The highest BCUT2D eigenvalue weighted by atomic mass is 16.5. The predicted octanol–water partition coefficient (Wildman–Crippen LogP) is 3.06. The largest absolute Gasteiger partial charge is 0.496 e. The molecular formula is C20H21N3O2. The molecule has 1 amide bonds. The number of hydrogen-bond donors (Lipinski definition) is 2. The van der Waals surface area contributed by atoms with Crippen molar-refractivity contribution in [3.05, 3.63) is 83.9 Å². The lowest BCUT2D eigenvalue weighted by Crippen LogP contribution is -2.31. The molecule has 0 bridgehead atoms. The molecule has 2 N–H and O–H groups in total. The van der Waals surface area contributed by atoms with E-state index < -0.39 is 0 Å². The molecule has 2 aromatic carbocycles. The van der Waals surface area contributed by atoms with Crippen molar-refractivity contribution in [3.63, 3.8) is 0 Å². The number of rotatable bonds is 7. The van der Waals surface area contributed by atoms with Gasteiger partial charge in [-0.3, -0.25) is 4.79 Å². The molecule has 1 aromatic heterocycles. The Bertz CT molecular complexity index is 801. The average molecular weight is 335 g/mol. The van der Waals surface area contributed by atoms with E-state index in [9.17, 15) is 4.79 Å². The van der Waals surface area contributed by atoms with Crippen molar-refractivity contribution in [2.75, 3.05) is 7.11 Å². The van der Waals surface area contributed by atoms with Crippen LogP contribution in [0.25, 0.3) is 0 Å². The summed E-state index contributed by atoms with van der Waals surface area (Å²) in [6, 6.07) is 17.3. The Labute approximate surface area is 147 Å². The second-order valence-electron chi connectivity index (χ2n) is 5.76. The standard InChI is InChI=1S/C20H21N3O2/c1-25-18-10-6-5-9-16(18)13-20(24)23-17(14-19-21-11-12-22-19)15-7-3-2-4-8-15/h2-12,17H,13-14H2,1H3,(H,21,22)(H,23,24). The van der Waals surface area contributed by atoms with E-state index in [1.54, 1.807) is 19.5 Å². The van der Waals surface area contributed by atoms with Gasteiger partial charge in [-0.25, -0.2) is 4.98 Å². The molecule has 3 aromatic rings. The van der Waals surface area contributed by atoms with Crippen molar-refractivity contribution in [2.24, 2.45) is 0 Å². The minimum absolute atomic E-state index is 0.0510. The molecule has 0 fully saturated rings. The van der Waals surface area contributed by atoms with Crippen LogP contribution in [0, 0.1) is 0 Å². The van der Waals surface area contributed by atoms with Crippen molar-refractivity contribution < 1.29 is 9.53 Å². The molecule has 3 rings (SSSR count). The highest BCUT2D eigenvalue weighted by molar-refractivity contribution is 5.79. The van der Waals surface area contributed by atoms with Crippen molar-refractivity contribution in [1.82, 2.24) is 15.3 Å². The summed E-state index contributed by atoms with van der Waals surface area (Å²) in [7, 11) is 1.61. The van der Waals surface area contributed by atoms with Gasteiger partial charge in [0.1, 0.15) is 11.6 Å². The normalized spacial score (nSPS) is 11.7. The first kappa shape index (κ1) is 16.8. The van der Waals surface area contributed by atoms with Gasteiger partial charge in [0, 0.05) is 24.4 Å². The smallest absolute Gasteiger partial charge is 0.225 e. The van der Waals surface area contributed by atoms with E-state index in [4.69, 9.17) is 4.74 Å². The molecule has 0 saturated carbocycles. The van der Waals surface area contributed by atoms with Gasteiger partial charge in [-0.15, -0.1) is 0 Å². The third kappa shape index (κ3) is 4.47. The number of aromatic amines is 1. The molecule has 1 atom stereocenters. The SMILES string of the molecule is COc1ccccc1CC(=O)NC(Cc1ncc[nH]1)c1ccccc1. The molecule has 0 saturated heterocycles. The fourth-order valence-corrected chi connectivity index (χ4v) is 2.81. The van der Waals surface area contributed by atoms with Gasteiger partial charge in [-0.05, 0) is 11.6 Å². The van der Waals surface area contributed by atoms with Crippen LogP contribution >= 0.6 is 0 Å². The number of hydrogen-bond acceptors (Lipinski definition) is 3. The van der Waals surface area contributed by atoms with Crippen LogP contribution in [0.3, 0.4) is 0 Å². The Morgan fingerprint density at radius 1 is 1.16 bits per heavy atom. The number of carbonyl (C=O) groups is 1. The maximum absolute atomic E-state index is 12.6. The molecular weight excluding hydrogens is 314 g/mol. The molecule has 128 valence electrons. The first-order valence-electron chi connectivity index (χ1n) is 8.20. The number of para-hydroxylation sites is 1. The van der Waals surface area contributed by atoms with Gasteiger partial charge >= 0.3 is 0 Å². The number of carbonyl (C=O) groups excluding carboxylic acids is 1. The molecule has 5 heteroatoms. The summed E-state index contributed by atoms with van der Waals surface area (Å²) < 4.78 is 5.33. The van der Waals surface area contributed by atoms with E-state index >= 15 is 0 Å². The second kappa shape index (κ2) is 8.15. The quantitative estimate of drug-likeness (QED) is 0.697. The molecule has 1 heterocycles. The number of imidazole rings is 1. The lowest BCUT2D eigenvalue weighted by molar-refractivity contribution is -0.121. The van der Waals surface area contributed by atoms with E-state index in [-0.39, 0.29) is 18.4 Å². The minimum atomic E-state index is -0.144. The Morgan fingerprint density at radius 2 is 1.92 bits per heavy atom. The first-order chi connectivity index (χ1) is 12.3. The summed E-state index contributed by atoms with van der Waals surface area (Å²) in [6.07, 6.45) is 4.38. The summed E-state index contributed by atoms with van der Waals surface area (Å²) in [5, 5.41) is 3.12. The fourth-order valence-electron chi connectivity index (χ4n) is 2.81. The first-order valence-corrected chi connectivity index (χ1v) is 8.20. The van der Waals surface area contributed by atoms with E-state index in [2.05, 4.69) is 15.3 Å². The Morgan fingerprint density at radius 3 is 2.64 bits per heavy atom. The molecule has 0 spiro atoms. The zero-order valence-electron chi connectivity index (χ0n) is 14.1. The summed E-state index contributed by atoms with van der Waals surface area (Å²) >= 11 is 0.